The number of nitrogens with one attached hydrogen (secondary N) is 1. The van der Waals surface area contributed by atoms with Crippen LogP contribution in [0.5, 0.6) is 0 Å². The van der Waals surface area contributed by atoms with Crippen LogP contribution < -0.4 is 5.32 Å². The Morgan fingerprint density at radius 2 is 2.08 bits per heavy atom. The van der Waals surface area contributed by atoms with Gasteiger partial charge in [-0.25, -0.2) is 4.98 Å². The van der Waals surface area contributed by atoms with Gasteiger partial charge in [0.2, 0.25) is 5.91 Å². The minimum atomic E-state index is -0.0602. The van der Waals surface area contributed by atoms with Gasteiger partial charge < -0.3 is 10.2 Å². The van der Waals surface area contributed by atoms with Crippen molar-refractivity contribution in [2.75, 3.05) is 11.9 Å². The predicted molar refractivity (Wildman–Crippen MR) is 95.5 cm³/mol. The maximum atomic E-state index is 12.8. The Labute approximate surface area is 151 Å². The highest BCUT2D eigenvalue weighted by atomic mass is 35.5. The van der Waals surface area contributed by atoms with Crippen LogP contribution in [0.2, 0.25) is 5.02 Å². The van der Waals surface area contributed by atoms with E-state index in [4.69, 9.17) is 11.6 Å². The lowest BCUT2D eigenvalue weighted by atomic mass is 9.99. The first kappa shape index (κ1) is 16.1. The number of benzene rings is 1. The van der Waals surface area contributed by atoms with Crippen LogP contribution in [-0.4, -0.2) is 28.2 Å². The maximum Gasteiger partial charge on any atom is 0.254 e. The number of hydrogen-bond donors (Lipinski definition) is 1. The van der Waals surface area contributed by atoms with Crippen LogP contribution in [0.15, 0.2) is 36.5 Å². The molecule has 0 spiro atoms. The Bertz CT molecular complexity index is 848. The van der Waals surface area contributed by atoms with Gasteiger partial charge in [-0.2, -0.15) is 0 Å². The molecule has 0 bridgehead atoms. The molecule has 25 heavy (non-hydrogen) atoms. The minimum absolute atomic E-state index is 0.0151. The third kappa shape index (κ3) is 3.37. The molecule has 2 heterocycles. The average Bonchev–Trinajstić information content (AvgIpc) is 3.46. The summed E-state index contributed by atoms with van der Waals surface area (Å²) in [6.45, 7) is 1.17. The van der Waals surface area contributed by atoms with Crippen LogP contribution in [0, 0.1) is 5.92 Å². The van der Waals surface area contributed by atoms with Gasteiger partial charge >= 0.3 is 0 Å². The summed E-state index contributed by atoms with van der Waals surface area (Å²) in [5.41, 5.74) is 2.75. The van der Waals surface area contributed by atoms with E-state index in [2.05, 4.69) is 10.3 Å². The van der Waals surface area contributed by atoms with E-state index in [0.717, 1.165) is 35.4 Å². The molecule has 1 aliphatic heterocycles. The third-order valence-corrected chi connectivity index (χ3v) is 5.06. The summed E-state index contributed by atoms with van der Waals surface area (Å²) in [7, 11) is 0. The second-order valence-electron chi connectivity index (χ2n) is 6.55. The fourth-order valence-corrected chi connectivity index (χ4v) is 3.41. The van der Waals surface area contributed by atoms with E-state index in [-0.39, 0.29) is 17.7 Å². The van der Waals surface area contributed by atoms with Gasteiger partial charge in [0.1, 0.15) is 5.82 Å². The Morgan fingerprint density at radius 1 is 1.24 bits per heavy atom. The number of nitrogens with zero attached hydrogens (tertiary/aromatic N) is 2. The summed E-state index contributed by atoms with van der Waals surface area (Å²) in [6, 6.07) is 9.13. The molecule has 0 radical (unpaired) electrons. The van der Waals surface area contributed by atoms with Gasteiger partial charge in [0, 0.05) is 35.8 Å². The number of hydrogen-bond acceptors (Lipinski definition) is 3. The average molecular weight is 356 g/mol. The lowest BCUT2D eigenvalue weighted by Gasteiger charge is -2.29. The molecule has 1 fully saturated rings. The second-order valence-corrected chi connectivity index (χ2v) is 6.95. The largest absolute Gasteiger partial charge is 0.334 e. The molecular weight excluding hydrogens is 338 g/mol. The van der Waals surface area contributed by atoms with Crippen molar-refractivity contribution >= 4 is 29.2 Å². The first-order chi connectivity index (χ1) is 12.1. The molecule has 0 unspecified atom stereocenters. The van der Waals surface area contributed by atoms with Crippen molar-refractivity contribution in [2.24, 2.45) is 5.92 Å². The topological polar surface area (TPSA) is 62.3 Å². The summed E-state index contributed by atoms with van der Waals surface area (Å²) in [5.74, 6) is 0.460. The van der Waals surface area contributed by atoms with Crippen LogP contribution in [0.1, 0.15) is 34.3 Å². The van der Waals surface area contributed by atoms with Gasteiger partial charge in [-0.05, 0) is 48.6 Å². The van der Waals surface area contributed by atoms with Crippen molar-refractivity contribution in [3.05, 3.63) is 58.2 Å². The lowest BCUT2D eigenvalue weighted by Crippen LogP contribution is -2.36. The number of aromatic nitrogens is 1. The van der Waals surface area contributed by atoms with Crippen LogP contribution in [0.3, 0.4) is 0 Å². The van der Waals surface area contributed by atoms with E-state index in [9.17, 15) is 9.59 Å². The fourth-order valence-electron chi connectivity index (χ4n) is 3.12. The van der Waals surface area contributed by atoms with Crippen molar-refractivity contribution < 1.29 is 9.59 Å². The summed E-state index contributed by atoms with van der Waals surface area (Å²) >= 11 is 6.23. The molecular formula is C19H18ClN3O2. The molecule has 1 aromatic carbocycles. The van der Waals surface area contributed by atoms with E-state index in [0.29, 0.717) is 24.5 Å². The molecule has 2 aliphatic rings. The third-order valence-electron chi connectivity index (χ3n) is 4.70. The van der Waals surface area contributed by atoms with Gasteiger partial charge in [0.05, 0.1) is 0 Å². The fraction of sp³-hybridized carbons (Fsp3) is 0.316. The van der Waals surface area contributed by atoms with E-state index in [1.54, 1.807) is 23.2 Å². The Kier molecular flexibility index (Phi) is 4.17. The van der Waals surface area contributed by atoms with Crippen LogP contribution >= 0.6 is 11.6 Å². The molecule has 1 aromatic heterocycles. The van der Waals surface area contributed by atoms with Crippen molar-refractivity contribution in [1.82, 2.24) is 9.88 Å². The quantitative estimate of drug-likeness (QED) is 0.919. The molecule has 6 heteroatoms. The first-order valence-corrected chi connectivity index (χ1v) is 8.82. The zero-order chi connectivity index (χ0) is 17.4. The number of fused-ring (bicyclic) bond motifs is 1. The Balaban J connectivity index is 1.50. The minimum Gasteiger partial charge on any atom is -0.334 e. The molecule has 2 aromatic rings. The summed E-state index contributed by atoms with van der Waals surface area (Å²) < 4.78 is 0. The van der Waals surface area contributed by atoms with Crippen molar-refractivity contribution in [2.45, 2.75) is 25.8 Å². The number of halogens is 1. The second kappa shape index (κ2) is 6.48. The predicted octanol–water partition coefficient (Wildman–Crippen LogP) is 3.28. The van der Waals surface area contributed by atoms with Crippen molar-refractivity contribution in [3.8, 4) is 0 Å². The van der Waals surface area contributed by atoms with E-state index in [1.807, 2.05) is 18.2 Å². The maximum absolute atomic E-state index is 12.8. The van der Waals surface area contributed by atoms with Gasteiger partial charge in [-0.1, -0.05) is 23.7 Å². The van der Waals surface area contributed by atoms with E-state index >= 15 is 0 Å². The number of carbonyl (C=O) groups is 2. The van der Waals surface area contributed by atoms with Gasteiger partial charge in [-0.15, -0.1) is 0 Å². The van der Waals surface area contributed by atoms with Crippen LogP contribution in [-0.2, 0) is 17.8 Å². The summed E-state index contributed by atoms with van der Waals surface area (Å²) in [5, 5.41) is 3.55. The standard InChI is InChI=1S/C19H18ClN3O2/c20-16-3-1-2-14-11-23(9-7-15(14)16)19(25)13-6-8-21-17(10-13)22-18(24)12-4-5-12/h1-3,6,8,10,12H,4-5,7,9,11H2,(H,21,22,24). The highest BCUT2D eigenvalue weighted by Crippen LogP contribution is 2.30. The number of rotatable bonds is 3. The molecule has 1 aliphatic carbocycles. The zero-order valence-electron chi connectivity index (χ0n) is 13.7. The molecule has 4 rings (SSSR count). The number of carbonyl (C=O) groups excluding carboxylic acids is 2. The van der Waals surface area contributed by atoms with Gasteiger partial charge in [0.25, 0.3) is 5.91 Å². The van der Waals surface area contributed by atoms with Gasteiger partial charge in [-0.3, -0.25) is 9.59 Å². The molecule has 0 atom stereocenters. The van der Waals surface area contributed by atoms with Crippen LogP contribution in [0.4, 0.5) is 5.82 Å². The van der Waals surface area contributed by atoms with Crippen molar-refractivity contribution in [3.63, 3.8) is 0 Å². The molecule has 2 amide bonds. The smallest absolute Gasteiger partial charge is 0.254 e. The number of anilines is 1. The normalized spacial score (nSPS) is 16.3. The van der Waals surface area contributed by atoms with Gasteiger partial charge in [0.15, 0.2) is 0 Å². The lowest BCUT2D eigenvalue weighted by molar-refractivity contribution is -0.117. The summed E-state index contributed by atoms with van der Waals surface area (Å²) in [6.07, 6.45) is 4.17. The number of amides is 2. The molecule has 128 valence electrons. The summed E-state index contributed by atoms with van der Waals surface area (Å²) in [4.78, 5) is 30.6. The highest BCUT2D eigenvalue weighted by Gasteiger charge is 2.30. The first-order valence-electron chi connectivity index (χ1n) is 8.44. The Hall–Kier alpha value is -2.40. The highest BCUT2D eigenvalue weighted by molar-refractivity contribution is 6.31. The van der Waals surface area contributed by atoms with E-state index in [1.165, 1.54) is 0 Å². The molecule has 5 nitrogen and oxygen atoms in total. The van der Waals surface area contributed by atoms with Crippen LogP contribution in [0.25, 0.3) is 0 Å². The Morgan fingerprint density at radius 3 is 2.88 bits per heavy atom. The SMILES string of the molecule is O=C(Nc1cc(C(=O)N2CCc3c(Cl)cccc3C2)ccn1)C1CC1. The van der Waals surface area contributed by atoms with Crippen molar-refractivity contribution in [1.29, 1.82) is 0 Å². The monoisotopic (exact) mass is 355 g/mol. The molecule has 1 saturated carbocycles. The molecule has 1 N–H and O–H groups in total. The molecule has 0 saturated heterocycles. The number of pyridine rings is 1. The zero-order valence-corrected chi connectivity index (χ0v) is 14.4. The van der Waals surface area contributed by atoms with E-state index < -0.39 is 0 Å².